The Labute approximate surface area is 211 Å². The summed E-state index contributed by atoms with van der Waals surface area (Å²) in [6.45, 7) is 8.02. The standard InChI is InChI=1S/C29H32N2O5/c1-6-31(16-15-20-17-30-22-10-8-7-9-21(20)22)24(18-11-13-19(14-12-18)28(35)36-5)23(25(32)27(31)34)26(33)29(2,3)4/h7-14,17,24,30H,6,15-16H2,1-5H3/p+1. The Morgan fingerprint density at radius 2 is 1.75 bits per heavy atom. The molecule has 188 valence electrons. The van der Waals surface area contributed by atoms with Crippen LogP contribution >= 0.6 is 0 Å². The van der Waals surface area contributed by atoms with Crippen LogP contribution in [0.5, 0.6) is 0 Å². The van der Waals surface area contributed by atoms with Gasteiger partial charge in [0.2, 0.25) is 5.76 Å². The zero-order valence-electron chi connectivity index (χ0n) is 21.4. The average Bonchev–Trinajstić information content (AvgIpc) is 3.38. The second-order valence-electron chi connectivity index (χ2n) is 10.3. The van der Waals surface area contributed by atoms with Gasteiger partial charge in [0.15, 0.2) is 11.8 Å². The van der Waals surface area contributed by atoms with Crippen LogP contribution < -0.4 is 0 Å². The molecule has 0 radical (unpaired) electrons. The molecule has 0 bridgehead atoms. The van der Waals surface area contributed by atoms with E-state index in [9.17, 15) is 19.5 Å². The van der Waals surface area contributed by atoms with Crippen LogP contribution in [-0.4, -0.2) is 52.4 Å². The lowest BCUT2D eigenvalue weighted by atomic mass is 9.81. The minimum atomic E-state index is -0.793. The molecule has 0 aliphatic carbocycles. The number of aliphatic hydroxyl groups is 1. The Hall–Kier alpha value is -3.71. The van der Waals surface area contributed by atoms with E-state index in [2.05, 4.69) is 4.98 Å². The number of benzene rings is 2. The van der Waals surface area contributed by atoms with E-state index in [1.165, 1.54) is 7.11 Å². The minimum absolute atomic E-state index is 0.111. The number of carbonyl (C=O) groups is 3. The molecule has 7 heteroatoms. The van der Waals surface area contributed by atoms with Crippen molar-refractivity contribution in [3.05, 3.63) is 82.8 Å². The summed E-state index contributed by atoms with van der Waals surface area (Å²) >= 11 is 0. The summed E-state index contributed by atoms with van der Waals surface area (Å²) in [5.41, 5.74) is 2.49. The molecule has 36 heavy (non-hydrogen) atoms. The SMILES string of the molecule is CC[N+]1(CCc2c[nH]c3ccccc23)C(=O)C(O)=C(C(=O)C(C)(C)C)C1c1ccc(C(=O)OC)cc1. The third-order valence-corrected chi connectivity index (χ3v) is 7.22. The molecule has 0 saturated heterocycles. The number of hydrogen-bond acceptors (Lipinski definition) is 5. The zero-order chi connectivity index (χ0) is 26.3. The van der Waals surface area contributed by atoms with E-state index < -0.39 is 29.1 Å². The van der Waals surface area contributed by atoms with Gasteiger partial charge in [-0.1, -0.05) is 51.1 Å². The van der Waals surface area contributed by atoms with E-state index in [0.29, 0.717) is 30.6 Å². The molecule has 2 atom stereocenters. The minimum Gasteiger partial charge on any atom is -0.500 e. The molecule has 0 saturated carbocycles. The van der Waals surface area contributed by atoms with Gasteiger partial charge in [-0.05, 0) is 30.7 Å². The van der Waals surface area contributed by atoms with E-state index in [1.54, 1.807) is 45.0 Å². The highest BCUT2D eigenvalue weighted by Crippen LogP contribution is 2.46. The molecule has 2 unspecified atom stereocenters. The molecule has 3 aromatic rings. The fourth-order valence-corrected chi connectivity index (χ4v) is 5.20. The van der Waals surface area contributed by atoms with Gasteiger partial charge in [0, 0.05) is 34.5 Å². The van der Waals surface area contributed by atoms with Crippen molar-refractivity contribution >= 4 is 28.6 Å². The predicted octanol–water partition coefficient (Wildman–Crippen LogP) is 5.04. The number of Topliss-reactive ketones (excluding diaryl/α,β-unsaturated/α-hetero) is 1. The van der Waals surface area contributed by atoms with Crippen molar-refractivity contribution in [1.82, 2.24) is 4.98 Å². The number of ketones is 1. The van der Waals surface area contributed by atoms with E-state index in [0.717, 1.165) is 16.5 Å². The van der Waals surface area contributed by atoms with Crippen LogP contribution in [0.1, 0.15) is 55.2 Å². The van der Waals surface area contributed by atoms with Crippen molar-refractivity contribution in [2.24, 2.45) is 5.41 Å². The summed E-state index contributed by atoms with van der Waals surface area (Å²) < 4.78 is 4.70. The number of nitrogens with one attached hydrogen (secondary N) is 1. The van der Waals surface area contributed by atoms with E-state index in [1.807, 2.05) is 37.4 Å². The number of para-hydroxylation sites is 1. The normalized spacial score (nSPS) is 20.2. The lowest BCUT2D eigenvalue weighted by Gasteiger charge is -2.38. The molecule has 0 spiro atoms. The largest absolute Gasteiger partial charge is 0.500 e. The number of aliphatic hydroxyl groups excluding tert-OH is 1. The van der Waals surface area contributed by atoms with Crippen LogP contribution in [0.3, 0.4) is 0 Å². The first-order valence-electron chi connectivity index (χ1n) is 12.2. The summed E-state index contributed by atoms with van der Waals surface area (Å²) in [5, 5.41) is 12.2. The number of amides is 1. The highest BCUT2D eigenvalue weighted by molar-refractivity contribution is 6.08. The highest BCUT2D eigenvalue weighted by atomic mass is 16.5. The highest BCUT2D eigenvalue weighted by Gasteiger charge is 2.58. The van der Waals surface area contributed by atoms with Gasteiger partial charge in [0.05, 0.1) is 25.8 Å². The fraction of sp³-hybridized carbons (Fsp3) is 0.345. The zero-order valence-corrected chi connectivity index (χ0v) is 21.4. The number of aromatic amines is 1. The number of hydrogen-bond donors (Lipinski definition) is 2. The maximum Gasteiger partial charge on any atom is 0.382 e. The van der Waals surface area contributed by atoms with Crippen molar-refractivity contribution in [3.63, 3.8) is 0 Å². The van der Waals surface area contributed by atoms with E-state index >= 15 is 0 Å². The summed E-state index contributed by atoms with van der Waals surface area (Å²) in [5.74, 6) is -1.65. The van der Waals surface area contributed by atoms with Crippen molar-refractivity contribution in [1.29, 1.82) is 0 Å². The maximum atomic E-state index is 13.8. The summed E-state index contributed by atoms with van der Waals surface area (Å²) in [4.78, 5) is 42.6. The van der Waals surface area contributed by atoms with Crippen molar-refractivity contribution in [3.8, 4) is 0 Å². The van der Waals surface area contributed by atoms with Gasteiger partial charge >= 0.3 is 11.9 Å². The first kappa shape index (κ1) is 25.4. The Morgan fingerprint density at radius 3 is 2.36 bits per heavy atom. The van der Waals surface area contributed by atoms with Crippen molar-refractivity contribution in [2.75, 3.05) is 20.2 Å². The fourth-order valence-electron chi connectivity index (χ4n) is 5.20. The molecule has 1 aliphatic rings. The van der Waals surface area contributed by atoms with Crippen LogP contribution in [0, 0.1) is 5.41 Å². The molecule has 7 nitrogen and oxygen atoms in total. The number of H-pyrrole nitrogens is 1. The number of fused-ring (bicyclic) bond motifs is 1. The van der Waals surface area contributed by atoms with Gasteiger partial charge in [-0.25, -0.2) is 14.1 Å². The van der Waals surface area contributed by atoms with Crippen LogP contribution in [0.2, 0.25) is 0 Å². The molecular weight excluding hydrogens is 456 g/mol. The van der Waals surface area contributed by atoms with Gasteiger partial charge in [-0.3, -0.25) is 4.79 Å². The van der Waals surface area contributed by atoms with Gasteiger partial charge in [-0.2, -0.15) is 0 Å². The quantitative estimate of drug-likeness (QED) is 0.358. The van der Waals surface area contributed by atoms with Crippen molar-refractivity contribution < 1.29 is 28.7 Å². The lowest BCUT2D eigenvalue weighted by molar-refractivity contribution is -0.872. The molecule has 2 heterocycles. The van der Waals surface area contributed by atoms with E-state index in [4.69, 9.17) is 4.74 Å². The number of carbonyl (C=O) groups excluding carboxylic acids is 3. The Kier molecular flexibility index (Phi) is 6.62. The maximum absolute atomic E-state index is 13.8. The number of ether oxygens (including phenoxy) is 1. The van der Waals surface area contributed by atoms with Gasteiger partial charge in [0.1, 0.15) is 5.57 Å². The summed E-state index contributed by atoms with van der Waals surface area (Å²) in [6.07, 6.45) is 2.52. The van der Waals surface area contributed by atoms with Gasteiger partial charge < -0.3 is 14.8 Å². The number of rotatable bonds is 7. The molecular formula is C29H33N2O5+. The van der Waals surface area contributed by atoms with Gasteiger partial charge in [-0.15, -0.1) is 0 Å². The second-order valence-corrected chi connectivity index (χ2v) is 10.3. The number of esters is 1. The van der Waals surface area contributed by atoms with Crippen LogP contribution in [0.15, 0.2) is 66.1 Å². The lowest BCUT2D eigenvalue weighted by Crippen LogP contribution is -2.53. The first-order valence-corrected chi connectivity index (χ1v) is 12.2. The number of nitrogens with zero attached hydrogens (tertiary/aromatic N) is 1. The van der Waals surface area contributed by atoms with Gasteiger partial charge in [0.25, 0.3) is 0 Å². The molecule has 1 amide bonds. The molecule has 4 rings (SSSR count). The van der Waals surface area contributed by atoms with Crippen LogP contribution in [0.4, 0.5) is 0 Å². The molecule has 0 fully saturated rings. The number of aromatic nitrogens is 1. The summed E-state index contributed by atoms with van der Waals surface area (Å²) in [7, 11) is 1.32. The third-order valence-electron chi connectivity index (χ3n) is 7.22. The average molecular weight is 490 g/mol. The number of likely N-dealkylation sites (N-methyl/N-ethyl adjacent to an activating group) is 1. The van der Waals surface area contributed by atoms with Crippen LogP contribution in [-0.2, 0) is 20.7 Å². The van der Waals surface area contributed by atoms with Crippen LogP contribution in [0.25, 0.3) is 10.9 Å². The molecule has 1 aromatic heterocycles. The summed E-state index contributed by atoms with van der Waals surface area (Å²) in [6, 6.07) is 14.0. The number of quaternary nitrogens is 1. The Balaban J connectivity index is 1.81. The Bertz CT molecular complexity index is 1360. The molecule has 2 aromatic carbocycles. The Morgan fingerprint density at radius 1 is 1.08 bits per heavy atom. The molecule has 2 N–H and O–H groups in total. The number of methoxy groups -OCH3 is 1. The third kappa shape index (κ3) is 4.13. The predicted molar refractivity (Wildman–Crippen MR) is 137 cm³/mol. The first-order chi connectivity index (χ1) is 17.0. The van der Waals surface area contributed by atoms with E-state index in [-0.39, 0.29) is 15.8 Å². The topological polar surface area (TPSA) is 96.5 Å². The molecule has 1 aliphatic heterocycles. The monoisotopic (exact) mass is 489 g/mol. The smallest absolute Gasteiger partial charge is 0.382 e. The van der Waals surface area contributed by atoms with Crippen molar-refractivity contribution in [2.45, 2.75) is 40.2 Å². The second kappa shape index (κ2) is 9.39.